The number of hydrogen-bond acceptors (Lipinski definition) is 3. The molecular formula is C21H19N3O2. The molecule has 0 aliphatic heterocycles. The van der Waals surface area contributed by atoms with Gasteiger partial charge in [0.05, 0.1) is 13.0 Å². The summed E-state index contributed by atoms with van der Waals surface area (Å²) in [5.74, 6) is 0.592. The molecule has 130 valence electrons. The van der Waals surface area contributed by atoms with Gasteiger partial charge in [-0.05, 0) is 11.6 Å². The molecule has 4 aromatic rings. The molecule has 1 amide bonds. The molecule has 2 heterocycles. The quantitative estimate of drug-likeness (QED) is 0.600. The van der Waals surface area contributed by atoms with Crippen LogP contribution in [0.4, 0.5) is 0 Å². The van der Waals surface area contributed by atoms with Crippen LogP contribution in [0.25, 0.3) is 22.2 Å². The maximum atomic E-state index is 12.3. The molecule has 0 spiro atoms. The van der Waals surface area contributed by atoms with Gasteiger partial charge in [-0.25, -0.2) is 0 Å². The Hall–Kier alpha value is -3.34. The number of nitrogens with zero attached hydrogens (tertiary/aromatic N) is 2. The van der Waals surface area contributed by atoms with Crippen molar-refractivity contribution in [2.75, 3.05) is 0 Å². The number of carbonyl (C=O) groups is 1. The molecule has 1 N–H and O–H groups in total. The SMILES string of the molecule is Cn1cc(CC(=O)NCc2cc(-c3ccccc3)no2)c2ccccc21. The van der Waals surface area contributed by atoms with Crippen LogP contribution in [0.3, 0.4) is 0 Å². The van der Waals surface area contributed by atoms with Gasteiger partial charge in [-0.1, -0.05) is 53.7 Å². The highest BCUT2D eigenvalue weighted by Gasteiger charge is 2.12. The second-order valence-electron chi connectivity index (χ2n) is 6.28. The predicted octanol–water partition coefficient (Wildman–Crippen LogP) is 3.69. The van der Waals surface area contributed by atoms with E-state index in [9.17, 15) is 4.79 Å². The topological polar surface area (TPSA) is 60.1 Å². The molecule has 0 radical (unpaired) electrons. The first kappa shape index (κ1) is 16.1. The minimum Gasteiger partial charge on any atom is -0.359 e. The Labute approximate surface area is 151 Å². The van der Waals surface area contributed by atoms with Crippen LogP contribution >= 0.6 is 0 Å². The summed E-state index contributed by atoms with van der Waals surface area (Å²) >= 11 is 0. The molecule has 5 heteroatoms. The molecule has 4 rings (SSSR count). The van der Waals surface area contributed by atoms with E-state index in [-0.39, 0.29) is 5.91 Å². The van der Waals surface area contributed by atoms with Crippen LogP contribution < -0.4 is 5.32 Å². The van der Waals surface area contributed by atoms with Crippen molar-refractivity contribution in [3.8, 4) is 11.3 Å². The highest BCUT2D eigenvalue weighted by atomic mass is 16.5. The summed E-state index contributed by atoms with van der Waals surface area (Å²) in [5.41, 5.74) is 3.90. The highest BCUT2D eigenvalue weighted by molar-refractivity contribution is 5.89. The lowest BCUT2D eigenvalue weighted by molar-refractivity contribution is -0.120. The number of rotatable bonds is 5. The van der Waals surface area contributed by atoms with Gasteiger partial charge in [-0.2, -0.15) is 0 Å². The van der Waals surface area contributed by atoms with E-state index in [1.807, 2.05) is 72.4 Å². The molecule has 0 bridgehead atoms. The Bertz CT molecular complexity index is 1050. The lowest BCUT2D eigenvalue weighted by Gasteiger charge is -2.02. The average Bonchev–Trinajstić information content (AvgIpc) is 3.27. The predicted molar refractivity (Wildman–Crippen MR) is 100 cm³/mol. The van der Waals surface area contributed by atoms with E-state index in [2.05, 4.69) is 16.5 Å². The molecule has 0 fully saturated rings. The Balaban J connectivity index is 1.41. The number of carbonyl (C=O) groups excluding carboxylic acids is 1. The van der Waals surface area contributed by atoms with Gasteiger partial charge in [0.25, 0.3) is 0 Å². The zero-order valence-electron chi connectivity index (χ0n) is 14.5. The van der Waals surface area contributed by atoms with E-state index in [0.29, 0.717) is 18.7 Å². The average molecular weight is 345 g/mol. The second-order valence-corrected chi connectivity index (χ2v) is 6.28. The fourth-order valence-corrected chi connectivity index (χ4v) is 3.13. The van der Waals surface area contributed by atoms with Crippen molar-refractivity contribution in [3.63, 3.8) is 0 Å². The molecule has 0 saturated carbocycles. The van der Waals surface area contributed by atoms with Crippen LogP contribution in [0.2, 0.25) is 0 Å². The van der Waals surface area contributed by atoms with E-state index in [1.165, 1.54) is 0 Å². The molecule has 5 nitrogen and oxygen atoms in total. The van der Waals surface area contributed by atoms with Crippen molar-refractivity contribution in [2.24, 2.45) is 7.05 Å². The largest absolute Gasteiger partial charge is 0.359 e. The van der Waals surface area contributed by atoms with Crippen LogP contribution in [0.5, 0.6) is 0 Å². The number of benzene rings is 2. The molecule has 2 aromatic heterocycles. The van der Waals surface area contributed by atoms with Gasteiger partial charge in [-0.15, -0.1) is 0 Å². The van der Waals surface area contributed by atoms with E-state index in [1.54, 1.807) is 0 Å². The number of aromatic nitrogens is 2. The summed E-state index contributed by atoms with van der Waals surface area (Å²) in [7, 11) is 1.99. The Morgan fingerprint density at radius 3 is 2.73 bits per heavy atom. The van der Waals surface area contributed by atoms with Crippen molar-refractivity contribution in [1.82, 2.24) is 15.0 Å². The zero-order chi connectivity index (χ0) is 17.9. The third-order valence-corrected chi connectivity index (χ3v) is 4.42. The summed E-state index contributed by atoms with van der Waals surface area (Å²) in [4.78, 5) is 12.3. The van der Waals surface area contributed by atoms with Gasteiger partial charge >= 0.3 is 0 Å². The smallest absolute Gasteiger partial charge is 0.224 e. The summed E-state index contributed by atoms with van der Waals surface area (Å²) in [6, 6.07) is 19.7. The van der Waals surface area contributed by atoms with Crippen LogP contribution in [0.15, 0.2) is 71.4 Å². The van der Waals surface area contributed by atoms with Gasteiger partial charge in [0.1, 0.15) is 5.69 Å². The van der Waals surface area contributed by atoms with Gasteiger partial charge < -0.3 is 14.4 Å². The lowest BCUT2D eigenvalue weighted by Crippen LogP contribution is -2.24. The minimum atomic E-state index is -0.0426. The third-order valence-electron chi connectivity index (χ3n) is 4.42. The fourth-order valence-electron chi connectivity index (χ4n) is 3.13. The van der Waals surface area contributed by atoms with Crippen molar-refractivity contribution in [1.29, 1.82) is 0 Å². The maximum absolute atomic E-state index is 12.3. The lowest BCUT2D eigenvalue weighted by atomic mass is 10.1. The zero-order valence-corrected chi connectivity index (χ0v) is 14.5. The molecule has 0 saturated heterocycles. The summed E-state index contributed by atoms with van der Waals surface area (Å²) < 4.78 is 7.37. The van der Waals surface area contributed by atoms with Gasteiger partial charge in [0.2, 0.25) is 5.91 Å². The van der Waals surface area contributed by atoms with E-state index in [4.69, 9.17) is 4.52 Å². The van der Waals surface area contributed by atoms with Gasteiger partial charge in [-0.3, -0.25) is 4.79 Å². The maximum Gasteiger partial charge on any atom is 0.224 e. The summed E-state index contributed by atoms with van der Waals surface area (Å²) in [6.45, 7) is 0.323. The summed E-state index contributed by atoms with van der Waals surface area (Å²) in [5, 5.41) is 8.07. The van der Waals surface area contributed by atoms with E-state index in [0.717, 1.165) is 27.7 Å². The third kappa shape index (κ3) is 3.24. The van der Waals surface area contributed by atoms with Crippen LogP contribution in [0, 0.1) is 0 Å². The van der Waals surface area contributed by atoms with Crippen LogP contribution in [-0.2, 0) is 24.8 Å². The van der Waals surface area contributed by atoms with Gasteiger partial charge in [0, 0.05) is 35.8 Å². The van der Waals surface area contributed by atoms with Crippen molar-refractivity contribution in [3.05, 3.63) is 78.2 Å². The molecular weight excluding hydrogens is 326 g/mol. The summed E-state index contributed by atoms with van der Waals surface area (Å²) in [6.07, 6.45) is 2.34. The molecule has 0 unspecified atom stereocenters. The number of fused-ring (bicyclic) bond motifs is 1. The van der Waals surface area contributed by atoms with E-state index >= 15 is 0 Å². The number of para-hydroxylation sites is 1. The number of aryl methyl sites for hydroxylation is 1. The first-order valence-corrected chi connectivity index (χ1v) is 8.51. The highest BCUT2D eigenvalue weighted by Crippen LogP contribution is 2.21. The number of amides is 1. The van der Waals surface area contributed by atoms with Gasteiger partial charge in [0.15, 0.2) is 5.76 Å². The minimum absolute atomic E-state index is 0.0426. The number of hydrogen-bond donors (Lipinski definition) is 1. The second kappa shape index (κ2) is 6.88. The van der Waals surface area contributed by atoms with E-state index < -0.39 is 0 Å². The standard InChI is InChI=1S/C21H19N3O2/c1-24-14-16(18-9-5-6-10-20(18)24)11-21(25)22-13-17-12-19(23-26-17)15-7-3-2-4-8-15/h2-10,12,14H,11,13H2,1H3,(H,22,25). The van der Waals surface area contributed by atoms with Crippen molar-refractivity contribution >= 4 is 16.8 Å². The fraction of sp³-hybridized carbons (Fsp3) is 0.143. The molecule has 0 atom stereocenters. The van der Waals surface area contributed by atoms with Crippen LogP contribution in [-0.4, -0.2) is 15.6 Å². The molecule has 0 aliphatic carbocycles. The van der Waals surface area contributed by atoms with Crippen molar-refractivity contribution < 1.29 is 9.32 Å². The Kier molecular flexibility index (Phi) is 4.27. The first-order chi connectivity index (χ1) is 12.7. The molecule has 2 aromatic carbocycles. The normalized spacial score (nSPS) is 11.0. The first-order valence-electron chi connectivity index (χ1n) is 8.51. The number of nitrogens with one attached hydrogen (secondary N) is 1. The van der Waals surface area contributed by atoms with Crippen LogP contribution in [0.1, 0.15) is 11.3 Å². The molecule has 26 heavy (non-hydrogen) atoms. The molecule has 0 aliphatic rings. The Morgan fingerprint density at radius 2 is 1.88 bits per heavy atom. The monoisotopic (exact) mass is 345 g/mol. The van der Waals surface area contributed by atoms with Crippen molar-refractivity contribution in [2.45, 2.75) is 13.0 Å². The Morgan fingerprint density at radius 1 is 1.12 bits per heavy atom.